The Bertz CT molecular complexity index is 1010. The molecule has 7 heteroatoms. The number of methoxy groups -OCH3 is 1. The smallest absolute Gasteiger partial charge is 0.338 e. The van der Waals surface area contributed by atoms with Crippen molar-refractivity contribution < 1.29 is 14.3 Å². The number of nitrogens with zero attached hydrogens (tertiary/aromatic N) is 3. The molecule has 1 atom stereocenters. The van der Waals surface area contributed by atoms with Crippen molar-refractivity contribution >= 4 is 17.6 Å². The number of benzene rings is 2. The van der Waals surface area contributed by atoms with E-state index in [1.807, 2.05) is 54.6 Å². The van der Waals surface area contributed by atoms with Crippen LogP contribution >= 0.6 is 0 Å². The standard InChI is InChI=1S/C21H20N4O3/c1-3-28-20(26)17-18(14-7-5-4-6-8-14)24-21-22-13-23-25(21)19(17)15-9-11-16(27-2)12-10-15/h4-13,19H,3H2,1-2H3,(H,22,23,24)/t19-/m1/s1. The highest BCUT2D eigenvalue weighted by Crippen LogP contribution is 2.39. The van der Waals surface area contributed by atoms with E-state index in [0.29, 0.717) is 17.2 Å². The van der Waals surface area contributed by atoms with Crippen LogP contribution in [-0.4, -0.2) is 34.5 Å². The molecule has 2 heterocycles. The van der Waals surface area contributed by atoms with Gasteiger partial charge in [-0.1, -0.05) is 42.5 Å². The molecule has 0 amide bonds. The maximum atomic E-state index is 13.0. The molecule has 4 rings (SSSR count). The quantitative estimate of drug-likeness (QED) is 0.689. The van der Waals surface area contributed by atoms with Crippen molar-refractivity contribution in [3.05, 3.63) is 77.6 Å². The molecule has 3 aromatic rings. The summed E-state index contributed by atoms with van der Waals surface area (Å²) in [4.78, 5) is 17.3. The summed E-state index contributed by atoms with van der Waals surface area (Å²) < 4.78 is 12.4. The second kappa shape index (κ2) is 7.56. The number of aromatic nitrogens is 3. The molecular formula is C21H20N4O3. The molecule has 1 aliphatic rings. The Morgan fingerprint density at radius 3 is 2.57 bits per heavy atom. The third-order valence-electron chi connectivity index (χ3n) is 4.59. The molecule has 0 bridgehead atoms. The SMILES string of the molecule is CCOC(=O)C1=C(c2ccccc2)Nc2ncnn2[C@@H]1c1ccc(OC)cc1. The lowest BCUT2D eigenvalue weighted by molar-refractivity contribution is -0.138. The van der Waals surface area contributed by atoms with Crippen molar-refractivity contribution in [3.8, 4) is 5.75 Å². The van der Waals surface area contributed by atoms with Gasteiger partial charge in [-0.15, -0.1) is 0 Å². The number of esters is 1. The summed E-state index contributed by atoms with van der Waals surface area (Å²) in [6.07, 6.45) is 1.47. The van der Waals surface area contributed by atoms with E-state index in [2.05, 4.69) is 15.4 Å². The molecular weight excluding hydrogens is 356 g/mol. The number of hydrogen-bond donors (Lipinski definition) is 1. The van der Waals surface area contributed by atoms with Crippen molar-refractivity contribution in [2.24, 2.45) is 0 Å². The molecule has 0 saturated carbocycles. The normalized spacial score (nSPS) is 15.6. The van der Waals surface area contributed by atoms with E-state index in [0.717, 1.165) is 16.9 Å². The highest BCUT2D eigenvalue weighted by atomic mass is 16.5. The first-order valence-corrected chi connectivity index (χ1v) is 9.00. The van der Waals surface area contributed by atoms with Crippen LogP contribution in [0, 0.1) is 0 Å². The van der Waals surface area contributed by atoms with E-state index in [9.17, 15) is 4.79 Å². The highest BCUT2D eigenvalue weighted by molar-refractivity contribution is 6.02. The first kappa shape index (κ1) is 17.8. The molecule has 0 saturated heterocycles. The van der Waals surface area contributed by atoms with Crippen LogP contribution in [0.2, 0.25) is 0 Å². The molecule has 0 radical (unpaired) electrons. The average Bonchev–Trinajstić information content (AvgIpc) is 3.21. The Morgan fingerprint density at radius 1 is 1.14 bits per heavy atom. The van der Waals surface area contributed by atoms with Crippen molar-refractivity contribution in [1.29, 1.82) is 0 Å². The number of carbonyl (C=O) groups is 1. The minimum atomic E-state index is -0.473. The van der Waals surface area contributed by atoms with Gasteiger partial charge in [-0.25, -0.2) is 9.48 Å². The molecule has 0 aliphatic carbocycles. The molecule has 1 N–H and O–H groups in total. The van der Waals surface area contributed by atoms with Gasteiger partial charge >= 0.3 is 5.97 Å². The molecule has 7 nitrogen and oxygen atoms in total. The summed E-state index contributed by atoms with van der Waals surface area (Å²) in [5, 5.41) is 7.60. The Labute approximate surface area is 162 Å². The minimum Gasteiger partial charge on any atom is -0.497 e. The van der Waals surface area contributed by atoms with Crippen LogP contribution in [0.25, 0.3) is 5.70 Å². The van der Waals surface area contributed by atoms with Gasteiger partial charge in [-0.05, 0) is 30.2 Å². The molecule has 28 heavy (non-hydrogen) atoms. The van der Waals surface area contributed by atoms with Crippen molar-refractivity contribution in [1.82, 2.24) is 14.8 Å². The van der Waals surface area contributed by atoms with Crippen molar-refractivity contribution in [2.75, 3.05) is 19.0 Å². The van der Waals surface area contributed by atoms with Gasteiger partial charge in [0.1, 0.15) is 18.1 Å². The summed E-state index contributed by atoms with van der Waals surface area (Å²) in [6.45, 7) is 2.07. The van der Waals surface area contributed by atoms with Crippen LogP contribution in [0.15, 0.2) is 66.5 Å². The third-order valence-corrected chi connectivity index (χ3v) is 4.59. The fourth-order valence-electron chi connectivity index (χ4n) is 3.32. The van der Waals surface area contributed by atoms with Gasteiger partial charge in [0.2, 0.25) is 5.95 Å². The van der Waals surface area contributed by atoms with Gasteiger partial charge in [-0.3, -0.25) is 0 Å². The van der Waals surface area contributed by atoms with Gasteiger partial charge in [0.05, 0.1) is 25.0 Å². The van der Waals surface area contributed by atoms with E-state index < -0.39 is 12.0 Å². The lowest BCUT2D eigenvalue weighted by atomic mass is 9.93. The number of fused-ring (bicyclic) bond motifs is 1. The lowest BCUT2D eigenvalue weighted by Crippen LogP contribution is -2.30. The van der Waals surface area contributed by atoms with E-state index in [1.54, 1.807) is 18.7 Å². The van der Waals surface area contributed by atoms with E-state index in [4.69, 9.17) is 9.47 Å². The molecule has 0 fully saturated rings. The average molecular weight is 376 g/mol. The van der Waals surface area contributed by atoms with Crippen LogP contribution in [-0.2, 0) is 9.53 Å². The van der Waals surface area contributed by atoms with E-state index in [1.165, 1.54) is 6.33 Å². The largest absolute Gasteiger partial charge is 0.497 e. The molecule has 2 aromatic carbocycles. The Hall–Kier alpha value is -3.61. The summed E-state index contributed by atoms with van der Waals surface area (Å²) in [6, 6.07) is 16.8. The number of ether oxygens (including phenoxy) is 2. The maximum Gasteiger partial charge on any atom is 0.338 e. The first-order chi connectivity index (χ1) is 13.7. The van der Waals surface area contributed by atoms with E-state index >= 15 is 0 Å². The zero-order valence-electron chi connectivity index (χ0n) is 15.6. The molecule has 0 unspecified atom stereocenters. The lowest BCUT2D eigenvalue weighted by Gasteiger charge is -2.29. The monoisotopic (exact) mass is 376 g/mol. The Kier molecular flexibility index (Phi) is 4.80. The molecule has 1 aliphatic heterocycles. The maximum absolute atomic E-state index is 13.0. The third kappa shape index (κ3) is 3.11. The van der Waals surface area contributed by atoms with Gasteiger partial charge < -0.3 is 14.8 Å². The van der Waals surface area contributed by atoms with Crippen LogP contribution in [0.4, 0.5) is 5.95 Å². The van der Waals surface area contributed by atoms with Gasteiger partial charge in [0.25, 0.3) is 0 Å². The molecule has 142 valence electrons. The van der Waals surface area contributed by atoms with Crippen LogP contribution in [0.3, 0.4) is 0 Å². The Balaban J connectivity index is 1.93. The number of rotatable bonds is 5. The predicted molar refractivity (Wildman–Crippen MR) is 105 cm³/mol. The first-order valence-electron chi connectivity index (χ1n) is 9.00. The summed E-state index contributed by atoms with van der Waals surface area (Å²) >= 11 is 0. The summed E-state index contributed by atoms with van der Waals surface area (Å²) in [5.41, 5.74) is 2.90. The zero-order chi connectivity index (χ0) is 19.5. The zero-order valence-corrected chi connectivity index (χ0v) is 15.6. The van der Waals surface area contributed by atoms with Crippen LogP contribution in [0.5, 0.6) is 5.75 Å². The number of carbonyl (C=O) groups excluding carboxylic acids is 1. The fraction of sp³-hybridized carbons (Fsp3) is 0.190. The predicted octanol–water partition coefficient (Wildman–Crippen LogP) is 3.28. The number of hydrogen-bond acceptors (Lipinski definition) is 6. The topological polar surface area (TPSA) is 78.3 Å². The number of nitrogens with one attached hydrogen (secondary N) is 1. The summed E-state index contributed by atoms with van der Waals surface area (Å²) in [5.74, 6) is 0.907. The van der Waals surface area contributed by atoms with Gasteiger partial charge in [0.15, 0.2) is 0 Å². The van der Waals surface area contributed by atoms with Crippen LogP contribution in [0.1, 0.15) is 24.1 Å². The van der Waals surface area contributed by atoms with E-state index in [-0.39, 0.29) is 6.61 Å². The van der Waals surface area contributed by atoms with Crippen LogP contribution < -0.4 is 10.1 Å². The minimum absolute atomic E-state index is 0.282. The Morgan fingerprint density at radius 2 is 1.89 bits per heavy atom. The number of anilines is 1. The second-order valence-electron chi connectivity index (χ2n) is 6.20. The van der Waals surface area contributed by atoms with Crippen molar-refractivity contribution in [3.63, 3.8) is 0 Å². The summed E-state index contributed by atoms with van der Waals surface area (Å²) in [7, 11) is 1.62. The second-order valence-corrected chi connectivity index (χ2v) is 6.20. The molecule has 0 spiro atoms. The fourth-order valence-corrected chi connectivity index (χ4v) is 3.32. The van der Waals surface area contributed by atoms with Gasteiger partial charge in [0, 0.05) is 0 Å². The van der Waals surface area contributed by atoms with Gasteiger partial charge in [-0.2, -0.15) is 10.1 Å². The molecule has 1 aromatic heterocycles. The van der Waals surface area contributed by atoms with Crippen molar-refractivity contribution in [2.45, 2.75) is 13.0 Å². The highest BCUT2D eigenvalue weighted by Gasteiger charge is 2.36.